The van der Waals surface area contributed by atoms with Gasteiger partial charge in [0.2, 0.25) is 0 Å². The van der Waals surface area contributed by atoms with Crippen LogP contribution < -0.4 is 5.32 Å². The number of pyridine rings is 1. The van der Waals surface area contributed by atoms with E-state index >= 15 is 0 Å². The van der Waals surface area contributed by atoms with Crippen LogP contribution in [0.25, 0.3) is 38.9 Å². The highest BCUT2D eigenvalue weighted by Crippen LogP contribution is 2.28. The summed E-state index contributed by atoms with van der Waals surface area (Å²) in [6.45, 7) is 0.340. The van der Waals surface area contributed by atoms with Gasteiger partial charge in [-0.15, -0.1) is 0 Å². The topological polar surface area (TPSA) is 55.1 Å². The lowest BCUT2D eigenvalue weighted by molar-refractivity contribution is 0.613. The van der Waals surface area contributed by atoms with Gasteiger partial charge in [0.25, 0.3) is 0 Å². The van der Waals surface area contributed by atoms with Crippen molar-refractivity contribution in [1.29, 1.82) is 0 Å². The van der Waals surface area contributed by atoms with Gasteiger partial charge in [0, 0.05) is 35.5 Å². The molecule has 0 saturated heterocycles. The molecule has 34 heavy (non-hydrogen) atoms. The van der Waals surface area contributed by atoms with Crippen LogP contribution in [0.4, 0.5) is 10.2 Å². The highest BCUT2D eigenvalue weighted by molar-refractivity contribution is 5.92. The van der Waals surface area contributed by atoms with Crippen molar-refractivity contribution in [2.24, 2.45) is 0 Å². The Bertz CT molecular complexity index is 1630. The number of imidazole rings is 1. The van der Waals surface area contributed by atoms with Gasteiger partial charge in [-0.25, -0.2) is 19.3 Å². The van der Waals surface area contributed by atoms with Gasteiger partial charge in [0.05, 0.1) is 11.2 Å². The van der Waals surface area contributed by atoms with Crippen LogP contribution in [0.5, 0.6) is 0 Å². The second-order valence-electron chi connectivity index (χ2n) is 8.07. The van der Waals surface area contributed by atoms with E-state index < -0.39 is 0 Å². The molecule has 164 valence electrons. The monoisotopic (exact) mass is 445 g/mol. The zero-order valence-corrected chi connectivity index (χ0v) is 18.2. The minimum absolute atomic E-state index is 0.238. The van der Waals surface area contributed by atoms with Crippen molar-refractivity contribution in [3.05, 3.63) is 115 Å². The maximum Gasteiger partial charge on any atom is 0.137 e. The summed E-state index contributed by atoms with van der Waals surface area (Å²) in [7, 11) is 0. The summed E-state index contributed by atoms with van der Waals surface area (Å²) >= 11 is 0. The fourth-order valence-corrected chi connectivity index (χ4v) is 4.11. The van der Waals surface area contributed by atoms with Gasteiger partial charge in [0.1, 0.15) is 23.6 Å². The van der Waals surface area contributed by atoms with Crippen LogP contribution in [0.3, 0.4) is 0 Å². The van der Waals surface area contributed by atoms with E-state index in [0.29, 0.717) is 17.9 Å². The third-order valence-corrected chi connectivity index (χ3v) is 5.89. The Morgan fingerprint density at radius 3 is 2.47 bits per heavy atom. The number of halogens is 1. The normalized spacial score (nSPS) is 11.2. The molecule has 3 heterocycles. The standard InChI is InChI=1S/C28H20FN5/c29-24-9-5-4-8-21(24)15-30-28-23-14-20(10-12-25(23)31-18-32-28)22-11-13-27-33-26(17-34(27)16-22)19-6-2-1-3-7-19/h1-14,16-18H,15H2,(H,30,31,32). The number of anilines is 1. The van der Waals surface area contributed by atoms with Gasteiger partial charge in [-0.3, -0.25) is 0 Å². The molecule has 6 heteroatoms. The first-order valence-electron chi connectivity index (χ1n) is 11.0. The molecule has 0 atom stereocenters. The number of hydrogen-bond acceptors (Lipinski definition) is 4. The molecule has 0 fully saturated rings. The summed E-state index contributed by atoms with van der Waals surface area (Å²) in [5.74, 6) is 0.433. The Balaban J connectivity index is 1.35. The molecule has 3 aromatic carbocycles. The first-order valence-corrected chi connectivity index (χ1v) is 11.0. The molecule has 5 nitrogen and oxygen atoms in total. The van der Waals surface area contributed by atoms with Crippen molar-refractivity contribution in [3.8, 4) is 22.4 Å². The van der Waals surface area contributed by atoms with Crippen molar-refractivity contribution in [1.82, 2.24) is 19.4 Å². The minimum Gasteiger partial charge on any atom is -0.365 e. The molecule has 0 saturated carbocycles. The predicted octanol–water partition coefficient (Wildman–Crippen LogP) is 6.36. The van der Waals surface area contributed by atoms with E-state index in [-0.39, 0.29) is 5.82 Å². The molecular formula is C28H20FN5. The first-order chi connectivity index (χ1) is 16.7. The Morgan fingerprint density at radius 2 is 1.59 bits per heavy atom. The van der Waals surface area contributed by atoms with Crippen molar-refractivity contribution in [3.63, 3.8) is 0 Å². The van der Waals surface area contributed by atoms with Crippen LogP contribution >= 0.6 is 0 Å². The Morgan fingerprint density at radius 1 is 0.765 bits per heavy atom. The fraction of sp³-hybridized carbons (Fsp3) is 0.0357. The summed E-state index contributed by atoms with van der Waals surface area (Å²) in [4.78, 5) is 13.6. The molecule has 0 amide bonds. The summed E-state index contributed by atoms with van der Waals surface area (Å²) in [6.07, 6.45) is 5.64. The third kappa shape index (κ3) is 3.75. The summed E-state index contributed by atoms with van der Waals surface area (Å²) in [5, 5.41) is 4.15. The van der Waals surface area contributed by atoms with E-state index in [1.807, 2.05) is 53.1 Å². The van der Waals surface area contributed by atoms with Crippen LogP contribution in [0.15, 0.2) is 104 Å². The Labute approximate surface area is 195 Å². The lowest BCUT2D eigenvalue weighted by atomic mass is 10.0. The minimum atomic E-state index is -0.238. The van der Waals surface area contributed by atoms with Gasteiger partial charge in [-0.2, -0.15) is 0 Å². The number of nitrogens with zero attached hydrogens (tertiary/aromatic N) is 4. The van der Waals surface area contributed by atoms with E-state index in [2.05, 4.69) is 45.7 Å². The molecule has 6 aromatic rings. The first kappa shape index (κ1) is 20.1. The third-order valence-electron chi connectivity index (χ3n) is 5.89. The highest BCUT2D eigenvalue weighted by Gasteiger charge is 2.10. The lowest BCUT2D eigenvalue weighted by Gasteiger charge is -2.10. The van der Waals surface area contributed by atoms with Gasteiger partial charge in [-0.1, -0.05) is 54.6 Å². The number of hydrogen-bond donors (Lipinski definition) is 1. The summed E-state index contributed by atoms with van der Waals surface area (Å²) < 4.78 is 16.1. The van der Waals surface area contributed by atoms with E-state index in [9.17, 15) is 4.39 Å². The highest BCUT2D eigenvalue weighted by atomic mass is 19.1. The SMILES string of the molecule is Fc1ccccc1CNc1ncnc2ccc(-c3ccc4nc(-c5ccccc5)cn4c3)cc12. The fourth-order valence-electron chi connectivity index (χ4n) is 4.11. The van der Waals surface area contributed by atoms with Gasteiger partial charge in [0.15, 0.2) is 0 Å². The number of nitrogens with one attached hydrogen (secondary N) is 1. The van der Waals surface area contributed by atoms with Crippen LogP contribution in [0.2, 0.25) is 0 Å². The van der Waals surface area contributed by atoms with Crippen LogP contribution in [-0.4, -0.2) is 19.4 Å². The average molecular weight is 446 g/mol. The molecule has 1 N–H and O–H groups in total. The molecule has 0 radical (unpaired) electrons. The Hall–Kier alpha value is -4.58. The number of aromatic nitrogens is 4. The van der Waals surface area contributed by atoms with Crippen molar-refractivity contribution >= 4 is 22.4 Å². The number of fused-ring (bicyclic) bond motifs is 2. The predicted molar refractivity (Wildman–Crippen MR) is 133 cm³/mol. The zero-order valence-electron chi connectivity index (χ0n) is 18.2. The molecule has 0 bridgehead atoms. The maximum atomic E-state index is 14.0. The van der Waals surface area contributed by atoms with E-state index in [4.69, 9.17) is 4.98 Å². The van der Waals surface area contributed by atoms with Gasteiger partial charge >= 0.3 is 0 Å². The quantitative estimate of drug-likeness (QED) is 0.335. The zero-order chi connectivity index (χ0) is 22.9. The molecule has 0 spiro atoms. The van der Waals surface area contributed by atoms with Crippen LogP contribution in [-0.2, 0) is 6.54 Å². The molecule has 0 aliphatic carbocycles. The smallest absolute Gasteiger partial charge is 0.137 e. The van der Waals surface area contributed by atoms with Crippen LogP contribution in [0, 0.1) is 5.82 Å². The second-order valence-corrected chi connectivity index (χ2v) is 8.07. The van der Waals surface area contributed by atoms with Gasteiger partial charge < -0.3 is 9.72 Å². The molecule has 0 aliphatic rings. The average Bonchev–Trinajstić information content (AvgIpc) is 3.32. The lowest BCUT2D eigenvalue weighted by Crippen LogP contribution is -2.04. The van der Waals surface area contributed by atoms with Crippen molar-refractivity contribution in [2.45, 2.75) is 6.54 Å². The molecule has 6 rings (SSSR count). The summed E-state index contributed by atoms with van der Waals surface area (Å²) in [6, 6.07) is 27.1. The molecule has 0 aliphatic heterocycles. The molecular weight excluding hydrogens is 425 g/mol. The Kier molecular flexibility index (Phi) is 4.96. The maximum absolute atomic E-state index is 14.0. The van der Waals surface area contributed by atoms with E-state index in [1.54, 1.807) is 12.1 Å². The molecule has 0 unspecified atom stereocenters. The van der Waals surface area contributed by atoms with Crippen molar-refractivity contribution < 1.29 is 4.39 Å². The van der Waals surface area contributed by atoms with Crippen LogP contribution in [0.1, 0.15) is 5.56 Å². The number of benzene rings is 3. The van der Waals surface area contributed by atoms with Crippen molar-refractivity contribution in [2.75, 3.05) is 5.32 Å². The van der Waals surface area contributed by atoms with Gasteiger partial charge in [-0.05, 0) is 41.5 Å². The number of rotatable bonds is 5. The van der Waals surface area contributed by atoms with E-state index in [0.717, 1.165) is 38.9 Å². The molecule has 3 aromatic heterocycles. The second kappa shape index (κ2) is 8.41. The van der Waals surface area contributed by atoms with E-state index in [1.165, 1.54) is 12.4 Å². The summed E-state index contributed by atoms with van der Waals surface area (Å²) in [5.41, 5.74) is 6.41. The largest absolute Gasteiger partial charge is 0.365 e.